The fourth-order valence-electron chi connectivity index (χ4n) is 2.87. The van der Waals surface area contributed by atoms with Crippen molar-refractivity contribution >= 4 is 33.2 Å². The number of aryl methyl sites for hydroxylation is 1. The van der Waals surface area contributed by atoms with E-state index in [1.54, 1.807) is 25.1 Å². The van der Waals surface area contributed by atoms with Crippen molar-refractivity contribution in [2.24, 2.45) is 0 Å². The molecule has 158 valence electrons. The molecule has 0 aliphatic heterocycles. The number of rotatable bonds is 10. The molecule has 6 nitrogen and oxygen atoms in total. The molecule has 1 amide bonds. The van der Waals surface area contributed by atoms with Gasteiger partial charge in [-0.15, -0.1) is 0 Å². The number of amides is 1. The molecule has 0 unspecified atom stereocenters. The average Bonchev–Trinajstić information content (AvgIpc) is 2.65. The van der Waals surface area contributed by atoms with Crippen molar-refractivity contribution in [3.05, 3.63) is 58.6 Å². The highest BCUT2D eigenvalue weighted by molar-refractivity contribution is 7.92. The van der Waals surface area contributed by atoms with Gasteiger partial charge in [-0.1, -0.05) is 35.9 Å². The molecule has 0 spiro atoms. The smallest absolute Gasteiger partial charge is 0.232 e. The Labute approximate surface area is 177 Å². The second-order valence-electron chi connectivity index (χ2n) is 6.79. The molecule has 29 heavy (non-hydrogen) atoms. The first-order valence-corrected chi connectivity index (χ1v) is 11.6. The fourth-order valence-corrected chi connectivity index (χ4v) is 4.06. The van der Waals surface area contributed by atoms with E-state index in [0.29, 0.717) is 35.8 Å². The Balaban J connectivity index is 1.81. The number of anilines is 1. The molecule has 0 heterocycles. The summed E-state index contributed by atoms with van der Waals surface area (Å²) < 4.78 is 31.4. The SMILES string of the molecule is Cc1ccccc1OCCNC(=O)CCCN(c1cccc(Cl)c1C)S(C)(=O)=O. The van der Waals surface area contributed by atoms with Crippen molar-refractivity contribution in [2.75, 3.05) is 30.3 Å². The minimum atomic E-state index is -3.49. The predicted octanol–water partition coefficient (Wildman–Crippen LogP) is 3.70. The lowest BCUT2D eigenvalue weighted by Gasteiger charge is -2.24. The first-order chi connectivity index (χ1) is 13.7. The van der Waals surface area contributed by atoms with Gasteiger partial charge in [-0.2, -0.15) is 0 Å². The van der Waals surface area contributed by atoms with Gasteiger partial charge in [0.25, 0.3) is 0 Å². The van der Waals surface area contributed by atoms with Crippen LogP contribution in [0.4, 0.5) is 5.69 Å². The van der Waals surface area contributed by atoms with Crippen LogP contribution in [0.25, 0.3) is 0 Å². The third-order valence-corrected chi connectivity index (χ3v) is 6.04. The highest BCUT2D eigenvalue weighted by atomic mass is 35.5. The molecule has 0 radical (unpaired) electrons. The highest BCUT2D eigenvalue weighted by Crippen LogP contribution is 2.28. The Morgan fingerprint density at radius 1 is 1.14 bits per heavy atom. The Bertz CT molecular complexity index is 947. The molecule has 0 aromatic heterocycles. The number of hydrogen-bond acceptors (Lipinski definition) is 4. The summed E-state index contributed by atoms with van der Waals surface area (Å²) in [6, 6.07) is 12.8. The van der Waals surface area contributed by atoms with E-state index in [9.17, 15) is 13.2 Å². The van der Waals surface area contributed by atoms with Crippen molar-refractivity contribution in [3.8, 4) is 5.75 Å². The minimum Gasteiger partial charge on any atom is -0.491 e. The second kappa shape index (κ2) is 10.5. The number of para-hydroxylation sites is 1. The van der Waals surface area contributed by atoms with Crippen LogP contribution in [0.1, 0.15) is 24.0 Å². The molecule has 2 aromatic carbocycles. The van der Waals surface area contributed by atoms with Gasteiger partial charge in [0.05, 0.1) is 18.5 Å². The van der Waals surface area contributed by atoms with Crippen molar-refractivity contribution in [1.29, 1.82) is 0 Å². The second-order valence-corrected chi connectivity index (χ2v) is 9.10. The molecular formula is C21H27ClN2O4S. The Morgan fingerprint density at radius 3 is 2.55 bits per heavy atom. The van der Waals surface area contributed by atoms with Crippen LogP contribution in [0, 0.1) is 13.8 Å². The normalized spacial score (nSPS) is 11.2. The molecule has 8 heteroatoms. The molecule has 0 saturated carbocycles. The molecule has 0 aliphatic carbocycles. The van der Waals surface area contributed by atoms with Crippen molar-refractivity contribution < 1.29 is 17.9 Å². The van der Waals surface area contributed by atoms with Gasteiger partial charge in [0.15, 0.2) is 0 Å². The fraction of sp³-hybridized carbons (Fsp3) is 0.381. The molecule has 2 aromatic rings. The maximum atomic E-state index is 12.2. The van der Waals surface area contributed by atoms with Crippen molar-refractivity contribution in [1.82, 2.24) is 5.32 Å². The number of nitrogens with zero attached hydrogens (tertiary/aromatic N) is 1. The Hall–Kier alpha value is -2.25. The standard InChI is InChI=1S/C21H27ClN2O4S/c1-16-8-4-5-11-20(16)28-15-13-23-21(25)12-7-14-24(29(3,26)27)19-10-6-9-18(22)17(19)2/h4-6,8-11H,7,12-15H2,1-3H3,(H,23,25). The highest BCUT2D eigenvalue weighted by Gasteiger charge is 2.20. The third-order valence-electron chi connectivity index (χ3n) is 4.45. The molecular weight excluding hydrogens is 412 g/mol. The van der Waals surface area contributed by atoms with Gasteiger partial charge in [0, 0.05) is 18.0 Å². The Kier molecular flexibility index (Phi) is 8.34. The van der Waals surface area contributed by atoms with Crippen molar-refractivity contribution in [3.63, 3.8) is 0 Å². The zero-order valence-corrected chi connectivity index (χ0v) is 18.5. The van der Waals surface area contributed by atoms with E-state index in [4.69, 9.17) is 16.3 Å². The summed E-state index contributed by atoms with van der Waals surface area (Å²) >= 11 is 6.12. The Morgan fingerprint density at radius 2 is 1.86 bits per heavy atom. The third kappa shape index (κ3) is 6.94. The minimum absolute atomic E-state index is 0.144. The average molecular weight is 439 g/mol. The number of benzene rings is 2. The number of hydrogen-bond donors (Lipinski definition) is 1. The summed E-state index contributed by atoms with van der Waals surface area (Å²) in [5.41, 5.74) is 2.26. The lowest BCUT2D eigenvalue weighted by Crippen LogP contribution is -2.33. The van der Waals surface area contributed by atoms with E-state index in [1.807, 2.05) is 31.2 Å². The molecule has 0 aliphatic rings. The summed E-state index contributed by atoms with van der Waals surface area (Å²) in [6.07, 6.45) is 1.76. The van der Waals surface area contributed by atoms with Gasteiger partial charge < -0.3 is 10.1 Å². The van der Waals surface area contributed by atoms with Crippen LogP contribution in [0.15, 0.2) is 42.5 Å². The maximum absolute atomic E-state index is 12.2. The molecule has 0 fully saturated rings. The van der Waals surface area contributed by atoms with Crippen LogP contribution >= 0.6 is 11.6 Å². The lowest BCUT2D eigenvalue weighted by atomic mass is 10.2. The first kappa shape index (κ1) is 23.0. The quantitative estimate of drug-likeness (QED) is 0.574. The topological polar surface area (TPSA) is 75.7 Å². The van der Waals surface area contributed by atoms with Crippen LogP contribution < -0.4 is 14.4 Å². The predicted molar refractivity (Wildman–Crippen MR) is 117 cm³/mol. The molecule has 2 rings (SSSR count). The zero-order chi connectivity index (χ0) is 21.4. The molecule has 1 N–H and O–H groups in total. The van der Waals surface area contributed by atoms with Crippen LogP contribution in [0.5, 0.6) is 5.75 Å². The number of halogens is 1. The largest absolute Gasteiger partial charge is 0.491 e. The summed E-state index contributed by atoms with van der Waals surface area (Å²) in [5, 5.41) is 3.29. The van der Waals surface area contributed by atoms with Gasteiger partial charge >= 0.3 is 0 Å². The van der Waals surface area contributed by atoms with E-state index in [-0.39, 0.29) is 18.9 Å². The number of carbonyl (C=O) groups is 1. The van der Waals surface area contributed by atoms with Gasteiger partial charge in [-0.3, -0.25) is 9.10 Å². The van der Waals surface area contributed by atoms with E-state index in [1.165, 1.54) is 4.31 Å². The zero-order valence-electron chi connectivity index (χ0n) is 16.9. The monoisotopic (exact) mass is 438 g/mol. The number of carbonyl (C=O) groups excluding carboxylic acids is 1. The van der Waals surface area contributed by atoms with E-state index in [0.717, 1.165) is 17.6 Å². The van der Waals surface area contributed by atoms with Gasteiger partial charge in [0.1, 0.15) is 12.4 Å². The van der Waals surface area contributed by atoms with E-state index < -0.39 is 10.0 Å². The van der Waals surface area contributed by atoms with Gasteiger partial charge in [0.2, 0.25) is 15.9 Å². The van der Waals surface area contributed by atoms with E-state index in [2.05, 4.69) is 5.32 Å². The van der Waals surface area contributed by atoms with Gasteiger partial charge in [-0.25, -0.2) is 8.42 Å². The van der Waals surface area contributed by atoms with E-state index >= 15 is 0 Å². The summed E-state index contributed by atoms with van der Waals surface area (Å²) in [5.74, 6) is 0.650. The van der Waals surface area contributed by atoms with Crippen LogP contribution in [-0.2, 0) is 14.8 Å². The number of nitrogens with one attached hydrogen (secondary N) is 1. The number of ether oxygens (including phenoxy) is 1. The van der Waals surface area contributed by atoms with Crippen LogP contribution in [0.3, 0.4) is 0 Å². The lowest BCUT2D eigenvalue weighted by molar-refractivity contribution is -0.121. The van der Waals surface area contributed by atoms with Crippen molar-refractivity contribution in [2.45, 2.75) is 26.7 Å². The van der Waals surface area contributed by atoms with Gasteiger partial charge in [-0.05, 0) is 49.6 Å². The van der Waals surface area contributed by atoms with Crippen LogP contribution in [0.2, 0.25) is 5.02 Å². The summed E-state index contributed by atoms with van der Waals surface area (Å²) in [6.45, 7) is 4.69. The molecule has 0 atom stereocenters. The number of sulfonamides is 1. The first-order valence-electron chi connectivity index (χ1n) is 9.38. The summed E-state index contributed by atoms with van der Waals surface area (Å²) in [7, 11) is -3.49. The maximum Gasteiger partial charge on any atom is 0.232 e. The van der Waals surface area contributed by atoms with Crippen LogP contribution in [-0.4, -0.2) is 40.3 Å². The molecule has 0 bridgehead atoms. The summed E-state index contributed by atoms with van der Waals surface area (Å²) in [4.78, 5) is 12.1. The molecule has 0 saturated heterocycles.